The molecule has 1 aromatic carbocycles. The van der Waals surface area contributed by atoms with E-state index in [1.54, 1.807) is 0 Å². The predicted octanol–water partition coefficient (Wildman–Crippen LogP) is 3.85. The average molecular weight is 544 g/mol. The lowest BCUT2D eigenvalue weighted by Gasteiger charge is -2.61. The van der Waals surface area contributed by atoms with Gasteiger partial charge in [0.25, 0.3) is 5.69 Å². The van der Waals surface area contributed by atoms with Crippen LogP contribution < -0.4 is 10.5 Å². The Morgan fingerprint density at radius 2 is 1.76 bits per heavy atom. The van der Waals surface area contributed by atoms with Crippen LogP contribution in [-0.2, 0) is 25.8 Å². The normalized spacial score (nSPS) is 32.1. The highest BCUT2D eigenvalue weighted by atomic mass is 32.2. The number of amides is 1. The summed E-state index contributed by atoms with van der Waals surface area (Å²) in [6.07, 6.45) is 0.349. The van der Waals surface area contributed by atoms with Gasteiger partial charge in [0.15, 0.2) is 5.78 Å². The predicted molar refractivity (Wildman–Crippen MR) is 123 cm³/mol. The zero-order valence-electron chi connectivity index (χ0n) is 20.0. The summed E-state index contributed by atoms with van der Waals surface area (Å²) >= 11 is 0. The molecule has 13 heteroatoms. The molecule has 2 unspecified atom stereocenters. The van der Waals surface area contributed by atoms with Gasteiger partial charge in [0.1, 0.15) is 5.56 Å². The van der Waals surface area contributed by atoms with E-state index < -0.39 is 53.6 Å². The van der Waals surface area contributed by atoms with Crippen molar-refractivity contribution in [3.05, 3.63) is 33.9 Å². The Balaban J connectivity index is 1.41. The molecule has 202 valence electrons. The average Bonchev–Trinajstić information content (AvgIpc) is 2.73. The number of carbonyl (C=O) groups is 2. The van der Waals surface area contributed by atoms with E-state index in [1.807, 2.05) is 0 Å². The van der Waals surface area contributed by atoms with Crippen LogP contribution in [0.1, 0.15) is 69.8 Å². The number of sulfonamides is 1. The van der Waals surface area contributed by atoms with Gasteiger partial charge in [0.2, 0.25) is 15.9 Å². The molecule has 0 spiro atoms. The second kappa shape index (κ2) is 8.23. The Hall–Kier alpha value is -2.54. The van der Waals surface area contributed by atoms with Crippen molar-refractivity contribution in [2.24, 2.45) is 28.4 Å². The van der Waals surface area contributed by atoms with Crippen LogP contribution in [0.25, 0.3) is 0 Å². The van der Waals surface area contributed by atoms with Crippen LogP contribution in [0.3, 0.4) is 0 Å². The van der Waals surface area contributed by atoms with Crippen LogP contribution >= 0.6 is 0 Å². The number of nitrogens with one attached hydrogen (secondary N) is 1. The number of nitro benzene ring substituents is 1. The molecule has 0 radical (unpaired) electrons. The van der Waals surface area contributed by atoms with Crippen molar-refractivity contribution in [3.63, 3.8) is 0 Å². The number of hydrogen-bond acceptors (Lipinski definition) is 6. The van der Waals surface area contributed by atoms with Gasteiger partial charge in [0.05, 0.1) is 20.8 Å². The number of benzene rings is 1. The Bertz CT molecular complexity index is 1280. The van der Waals surface area contributed by atoms with Crippen molar-refractivity contribution in [1.82, 2.24) is 4.72 Å². The van der Waals surface area contributed by atoms with Gasteiger partial charge >= 0.3 is 6.18 Å². The minimum absolute atomic E-state index is 0.0750. The Morgan fingerprint density at radius 1 is 1.14 bits per heavy atom. The van der Waals surface area contributed by atoms with Gasteiger partial charge in [-0.15, -0.1) is 0 Å². The molecular formula is C24H28F3N3O6S. The molecule has 4 bridgehead atoms. The van der Waals surface area contributed by atoms with Crippen molar-refractivity contribution < 1.29 is 36.1 Å². The van der Waals surface area contributed by atoms with E-state index in [1.165, 1.54) is 0 Å². The maximum atomic E-state index is 13.7. The summed E-state index contributed by atoms with van der Waals surface area (Å²) in [4.78, 5) is 35.1. The first-order valence-electron chi connectivity index (χ1n) is 12.3. The number of nitrogens with two attached hydrogens (primary N) is 1. The number of nitrogens with zero attached hydrogens (tertiary/aromatic N) is 1. The first-order chi connectivity index (χ1) is 17.1. The number of Topliss-reactive ketones (excluding diaryl/α,β-unsaturated/α-hetero) is 1. The van der Waals surface area contributed by atoms with Gasteiger partial charge in [0, 0.05) is 12.5 Å². The van der Waals surface area contributed by atoms with Gasteiger partial charge in [-0.25, -0.2) is 8.42 Å². The van der Waals surface area contributed by atoms with E-state index >= 15 is 0 Å². The summed E-state index contributed by atoms with van der Waals surface area (Å²) in [5.74, 6) is -0.106. The van der Waals surface area contributed by atoms with E-state index in [4.69, 9.17) is 5.73 Å². The number of nitro groups is 1. The number of carbonyl (C=O) groups excluding carboxylic acids is 2. The van der Waals surface area contributed by atoms with Crippen LogP contribution in [0.2, 0.25) is 0 Å². The molecule has 37 heavy (non-hydrogen) atoms. The highest BCUT2D eigenvalue weighted by Gasteiger charge is 2.61. The molecule has 2 atom stereocenters. The van der Waals surface area contributed by atoms with Crippen molar-refractivity contribution in [1.29, 1.82) is 0 Å². The molecule has 0 aromatic heterocycles. The highest BCUT2D eigenvalue weighted by Crippen LogP contribution is 2.66. The van der Waals surface area contributed by atoms with Gasteiger partial charge in [-0.3, -0.25) is 19.7 Å². The van der Waals surface area contributed by atoms with Crippen molar-refractivity contribution in [2.75, 3.05) is 0 Å². The molecule has 6 rings (SSSR count). The molecule has 0 heterocycles. The standard InChI is InChI=1S/C24H28F3N3O6S/c25-24(26,27)17-7-16(2-3-18(17)30(33)34)37(35,36)29-23(4-1-5-23)19(31)12-21-8-14-6-15(9-21)11-22(10-14,13-21)20(28)32/h2-3,7,14-15,29H,1,4-6,8-13H2,(H2,28,32). The minimum Gasteiger partial charge on any atom is -0.369 e. The largest absolute Gasteiger partial charge is 0.423 e. The smallest absolute Gasteiger partial charge is 0.369 e. The lowest BCUT2D eigenvalue weighted by atomic mass is 9.43. The first kappa shape index (κ1) is 26.1. The molecule has 1 amide bonds. The monoisotopic (exact) mass is 543 g/mol. The fourth-order valence-electron chi connectivity index (χ4n) is 7.81. The zero-order chi connectivity index (χ0) is 27.0. The minimum atomic E-state index is -5.15. The van der Waals surface area contributed by atoms with E-state index in [9.17, 15) is 41.3 Å². The highest BCUT2D eigenvalue weighted by molar-refractivity contribution is 7.89. The summed E-state index contributed by atoms with van der Waals surface area (Å²) in [5.41, 5.74) is 0.312. The maximum absolute atomic E-state index is 13.7. The number of halogens is 3. The number of hydrogen-bond donors (Lipinski definition) is 2. The topological polar surface area (TPSA) is 149 Å². The Morgan fingerprint density at radius 3 is 2.24 bits per heavy atom. The second-order valence-electron chi connectivity index (χ2n) is 11.7. The zero-order valence-corrected chi connectivity index (χ0v) is 20.8. The molecule has 3 N–H and O–H groups in total. The number of ketones is 1. The molecule has 0 aliphatic heterocycles. The van der Waals surface area contributed by atoms with Crippen LogP contribution in [0.5, 0.6) is 0 Å². The summed E-state index contributed by atoms with van der Waals surface area (Å²) in [6, 6.07) is 1.47. The molecule has 5 aliphatic carbocycles. The van der Waals surface area contributed by atoms with E-state index in [2.05, 4.69) is 4.72 Å². The molecule has 1 aromatic rings. The van der Waals surface area contributed by atoms with Crippen molar-refractivity contribution in [2.45, 2.75) is 80.8 Å². The van der Waals surface area contributed by atoms with Gasteiger partial charge in [-0.2, -0.15) is 17.9 Å². The van der Waals surface area contributed by atoms with Gasteiger partial charge in [-0.05, 0) is 87.2 Å². The lowest BCUT2D eigenvalue weighted by molar-refractivity contribution is -0.388. The summed E-state index contributed by atoms with van der Waals surface area (Å²) in [7, 11) is -4.61. The van der Waals surface area contributed by atoms with Gasteiger partial charge in [-0.1, -0.05) is 0 Å². The third-order valence-electron chi connectivity index (χ3n) is 9.09. The molecule has 5 fully saturated rings. The van der Waals surface area contributed by atoms with Crippen molar-refractivity contribution in [3.8, 4) is 0 Å². The second-order valence-corrected chi connectivity index (χ2v) is 13.4. The van der Waals surface area contributed by atoms with E-state index in [-0.39, 0.29) is 48.9 Å². The third-order valence-corrected chi connectivity index (χ3v) is 10.6. The summed E-state index contributed by atoms with van der Waals surface area (Å²) < 4.78 is 68.9. The van der Waals surface area contributed by atoms with E-state index in [0.717, 1.165) is 25.3 Å². The lowest BCUT2D eigenvalue weighted by Crippen LogP contribution is -2.62. The quantitative estimate of drug-likeness (QED) is 0.376. The molecule has 0 saturated heterocycles. The Labute approximate surface area is 211 Å². The van der Waals surface area contributed by atoms with E-state index in [0.29, 0.717) is 31.7 Å². The maximum Gasteiger partial charge on any atom is 0.423 e. The van der Waals surface area contributed by atoms with Crippen LogP contribution in [0.15, 0.2) is 23.1 Å². The van der Waals surface area contributed by atoms with Crippen molar-refractivity contribution >= 4 is 27.4 Å². The van der Waals surface area contributed by atoms with Crippen LogP contribution in [0, 0.1) is 32.8 Å². The molecule has 9 nitrogen and oxygen atoms in total. The molecular weight excluding hydrogens is 515 g/mol. The van der Waals surface area contributed by atoms with Crippen LogP contribution in [0.4, 0.5) is 18.9 Å². The number of rotatable bonds is 8. The van der Waals surface area contributed by atoms with Gasteiger partial charge < -0.3 is 5.73 Å². The molecule has 5 aliphatic rings. The third kappa shape index (κ3) is 4.33. The fourth-order valence-corrected chi connectivity index (χ4v) is 9.28. The summed E-state index contributed by atoms with van der Waals surface area (Å²) in [5, 5.41) is 11.0. The SMILES string of the molecule is NC(=O)C12CC3CC(CC(CC(=O)C4(NS(=O)(=O)c5ccc([N+](=O)[O-])c(C(F)(F)F)c5)CCC4)(C3)C1)C2. The number of alkyl halides is 3. The fraction of sp³-hybridized carbons (Fsp3) is 0.667. The summed E-state index contributed by atoms with van der Waals surface area (Å²) in [6.45, 7) is 0. The number of primary amides is 1. The first-order valence-corrected chi connectivity index (χ1v) is 13.8. The van der Waals surface area contributed by atoms with Crippen LogP contribution in [-0.4, -0.2) is 30.6 Å². The molecule has 5 saturated carbocycles. The Kier molecular flexibility index (Phi) is 5.80.